The van der Waals surface area contributed by atoms with Gasteiger partial charge in [0.2, 0.25) is 0 Å². The zero-order valence-electron chi connectivity index (χ0n) is 10.5. The van der Waals surface area contributed by atoms with Crippen LogP contribution in [0.5, 0.6) is 0 Å². The predicted molar refractivity (Wildman–Crippen MR) is 66.7 cm³/mol. The van der Waals surface area contributed by atoms with Crippen LogP contribution in [0.15, 0.2) is 23.8 Å². The van der Waals surface area contributed by atoms with Crippen LogP contribution in [-0.2, 0) is 0 Å². The summed E-state index contributed by atoms with van der Waals surface area (Å²) >= 11 is 0. The van der Waals surface area contributed by atoms with E-state index in [9.17, 15) is 0 Å². The van der Waals surface area contributed by atoms with Gasteiger partial charge in [-0.1, -0.05) is 30.7 Å². The SMILES string of the molecule is C=C(C)[C@H]1CC[C@]2(C)CC=C(C)CC[C@@H]12. The van der Waals surface area contributed by atoms with Crippen molar-refractivity contribution in [1.82, 2.24) is 0 Å². The van der Waals surface area contributed by atoms with Crippen LogP contribution in [0.2, 0.25) is 0 Å². The summed E-state index contributed by atoms with van der Waals surface area (Å²) in [6, 6.07) is 0. The van der Waals surface area contributed by atoms with Crippen LogP contribution in [0.3, 0.4) is 0 Å². The number of hydrogen-bond acceptors (Lipinski definition) is 0. The van der Waals surface area contributed by atoms with Crippen molar-refractivity contribution < 1.29 is 0 Å². The summed E-state index contributed by atoms with van der Waals surface area (Å²) in [5.41, 5.74) is 3.59. The fraction of sp³-hybridized carbons (Fsp3) is 0.733. The highest BCUT2D eigenvalue weighted by molar-refractivity contribution is 5.13. The largest absolute Gasteiger partial charge is 0.0999 e. The summed E-state index contributed by atoms with van der Waals surface area (Å²) in [5, 5.41) is 0. The quantitative estimate of drug-likeness (QED) is 0.542. The lowest BCUT2D eigenvalue weighted by Gasteiger charge is -2.32. The molecule has 0 heteroatoms. The molecule has 0 N–H and O–H groups in total. The van der Waals surface area contributed by atoms with Gasteiger partial charge in [0.1, 0.15) is 0 Å². The maximum Gasteiger partial charge on any atom is -0.0175 e. The van der Waals surface area contributed by atoms with E-state index in [4.69, 9.17) is 0 Å². The molecule has 0 unspecified atom stereocenters. The lowest BCUT2D eigenvalue weighted by atomic mass is 9.72. The van der Waals surface area contributed by atoms with E-state index in [-0.39, 0.29) is 0 Å². The molecule has 3 atom stereocenters. The minimum absolute atomic E-state index is 0.571. The smallest absolute Gasteiger partial charge is 0.0175 e. The van der Waals surface area contributed by atoms with Crippen molar-refractivity contribution in [2.75, 3.05) is 0 Å². The van der Waals surface area contributed by atoms with Crippen molar-refractivity contribution in [2.24, 2.45) is 17.3 Å². The van der Waals surface area contributed by atoms with E-state index in [1.54, 1.807) is 5.57 Å². The molecule has 0 nitrogen and oxygen atoms in total. The van der Waals surface area contributed by atoms with Crippen molar-refractivity contribution in [3.8, 4) is 0 Å². The van der Waals surface area contributed by atoms with Crippen molar-refractivity contribution >= 4 is 0 Å². The average molecular weight is 204 g/mol. The monoisotopic (exact) mass is 204 g/mol. The topological polar surface area (TPSA) is 0 Å². The molecule has 0 aromatic rings. The molecule has 1 saturated carbocycles. The standard InChI is InChI=1S/C15H24/c1-11(2)13-8-10-15(4)9-7-12(3)5-6-14(13)15/h7,13-14H,1,5-6,8-10H2,2-4H3/t13-,14+,15+/m1/s1. The summed E-state index contributed by atoms with van der Waals surface area (Å²) in [7, 11) is 0. The first-order valence-corrected chi connectivity index (χ1v) is 6.34. The minimum Gasteiger partial charge on any atom is -0.0999 e. The molecule has 15 heavy (non-hydrogen) atoms. The molecule has 0 radical (unpaired) electrons. The lowest BCUT2D eigenvalue weighted by molar-refractivity contribution is 0.201. The van der Waals surface area contributed by atoms with E-state index >= 15 is 0 Å². The third-order valence-corrected chi connectivity index (χ3v) is 4.81. The van der Waals surface area contributed by atoms with Crippen LogP contribution in [0.25, 0.3) is 0 Å². The van der Waals surface area contributed by atoms with Crippen LogP contribution < -0.4 is 0 Å². The van der Waals surface area contributed by atoms with Crippen molar-refractivity contribution in [2.45, 2.75) is 52.9 Å². The first kappa shape index (κ1) is 11.0. The summed E-state index contributed by atoms with van der Waals surface area (Å²) in [5.74, 6) is 1.69. The van der Waals surface area contributed by atoms with Crippen LogP contribution >= 0.6 is 0 Å². The first-order valence-electron chi connectivity index (χ1n) is 6.34. The second-order valence-corrected chi connectivity index (χ2v) is 6.05. The Kier molecular flexibility index (Phi) is 2.79. The molecule has 2 rings (SSSR count). The lowest BCUT2D eigenvalue weighted by Crippen LogP contribution is -2.24. The Morgan fingerprint density at radius 1 is 1.47 bits per heavy atom. The molecule has 0 saturated heterocycles. The van der Waals surface area contributed by atoms with Gasteiger partial charge in [-0.05, 0) is 63.2 Å². The Balaban J connectivity index is 2.22. The Morgan fingerprint density at radius 2 is 2.20 bits per heavy atom. The molecular formula is C15H24. The van der Waals surface area contributed by atoms with E-state index in [1.165, 1.54) is 37.7 Å². The average Bonchev–Trinajstić information content (AvgIpc) is 2.43. The predicted octanol–water partition coefficient (Wildman–Crippen LogP) is 4.73. The van der Waals surface area contributed by atoms with Gasteiger partial charge < -0.3 is 0 Å². The van der Waals surface area contributed by atoms with E-state index in [1.807, 2.05) is 0 Å². The minimum atomic E-state index is 0.571. The van der Waals surface area contributed by atoms with Crippen LogP contribution in [0.4, 0.5) is 0 Å². The van der Waals surface area contributed by atoms with Crippen LogP contribution in [0, 0.1) is 17.3 Å². The second-order valence-electron chi connectivity index (χ2n) is 6.05. The van der Waals surface area contributed by atoms with E-state index in [0.717, 1.165) is 11.8 Å². The Labute approximate surface area is 94.5 Å². The Hall–Kier alpha value is -0.520. The highest BCUT2D eigenvalue weighted by atomic mass is 14.5. The molecule has 0 aromatic carbocycles. The molecule has 2 aliphatic carbocycles. The Bertz CT molecular complexity index is 297. The number of rotatable bonds is 1. The van der Waals surface area contributed by atoms with Crippen LogP contribution in [-0.4, -0.2) is 0 Å². The van der Waals surface area contributed by atoms with Crippen molar-refractivity contribution in [3.63, 3.8) is 0 Å². The van der Waals surface area contributed by atoms with Crippen molar-refractivity contribution in [1.29, 1.82) is 0 Å². The van der Waals surface area contributed by atoms with E-state index in [2.05, 4.69) is 33.4 Å². The van der Waals surface area contributed by atoms with Crippen molar-refractivity contribution in [3.05, 3.63) is 23.8 Å². The molecule has 0 amide bonds. The molecule has 0 spiro atoms. The molecule has 2 aliphatic rings. The summed E-state index contributed by atoms with van der Waals surface area (Å²) in [4.78, 5) is 0. The van der Waals surface area contributed by atoms with Gasteiger partial charge in [-0.3, -0.25) is 0 Å². The number of fused-ring (bicyclic) bond motifs is 1. The highest BCUT2D eigenvalue weighted by Crippen LogP contribution is 2.54. The van der Waals surface area contributed by atoms with Gasteiger partial charge >= 0.3 is 0 Å². The maximum absolute atomic E-state index is 4.19. The summed E-state index contributed by atoms with van der Waals surface area (Å²) < 4.78 is 0. The molecular weight excluding hydrogens is 180 g/mol. The van der Waals surface area contributed by atoms with Crippen LogP contribution in [0.1, 0.15) is 52.9 Å². The first-order chi connectivity index (χ1) is 7.03. The fourth-order valence-electron chi connectivity index (χ4n) is 3.64. The van der Waals surface area contributed by atoms with Gasteiger partial charge in [0.15, 0.2) is 0 Å². The van der Waals surface area contributed by atoms with E-state index < -0.39 is 0 Å². The molecule has 1 fully saturated rings. The highest BCUT2D eigenvalue weighted by Gasteiger charge is 2.44. The normalized spacial score (nSPS) is 40.6. The summed E-state index contributed by atoms with van der Waals surface area (Å²) in [6.07, 6.45) is 9.26. The maximum atomic E-state index is 4.19. The number of hydrogen-bond donors (Lipinski definition) is 0. The third-order valence-electron chi connectivity index (χ3n) is 4.81. The van der Waals surface area contributed by atoms with Gasteiger partial charge in [-0.25, -0.2) is 0 Å². The molecule has 84 valence electrons. The third kappa shape index (κ3) is 1.91. The Morgan fingerprint density at radius 3 is 2.87 bits per heavy atom. The van der Waals surface area contributed by atoms with Gasteiger partial charge in [0.05, 0.1) is 0 Å². The van der Waals surface area contributed by atoms with Gasteiger partial charge in [0.25, 0.3) is 0 Å². The van der Waals surface area contributed by atoms with Gasteiger partial charge in [0, 0.05) is 0 Å². The number of allylic oxidation sites excluding steroid dienone is 3. The molecule has 0 bridgehead atoms. The summed E-state index contributed by atoms with van der Waals surface area (Å²) in [6.45, 7) is 11.2. The molecule has 0 aliphatic heterocycles. The van der Waals surface area contributed by atoms with E-state index in [0.29, 0.717) is 5.41 Å². The second kappa shape index (κ2) is 3.81. The van der Waals surface area contributed by atoms with Gasteiger partial charge in [-0.2, -0.15) is 0 Å². The fourth-order valence-corrected chi connectivity index (χ4v) is 3.64. The zero-order chi connectivity index (χ0) is 11.1. The van der Waals surface area contributed by atoms with Gasteiger partial charge in [-0.15, -0.1) is 0 Å². The molecule has 0 aromatic heterocycles. The molecule has 0 heterocycles. The zero-order valence-corrected chi connectivity index (χ0v) is 10.5.